The minimum absolute atomic E-state index is 0.0964. The summed E-state index contributed by atoms with van der Waals surface area (Å²) in [5.74, 6) is -2.64. The van der Waals surface area contributed by atoms with E-state index >= 15 is 0 Å². The molecule has 0 amide bonds. The number of aliphatic hydroxyl groups is 1. The van der Waals surface area contributed by atoms with E-state index < -0.39 is 112 Å². The highest BCUT2D eigenvalue weighted by Crippen LogP contribution is 2.46. The van der Waals surface area contributed by atoms with E-state index in [-0.39, 0.29) is 16.5 Å². The van der Waals surface area contributed by atoms with Crippen molar-refractivity contribution in [2.75, 3.05) is 23.0 Å². The van der Waals surface area contributed by atoms with Crippen LogP contribution in [0.1, 0.15) is 0 Å². The number of phenolic OH excluding ortho intramolecular Hbond substituents is 1. The second-order valence-corrected chi connectivity index (χ2v) is 16.7. The molecule has 0 saturated heterocycles. The lowest BCUT2D eigenvalue weighted by atomic mass is 10.1. The average molecular weight is 798 g/mol. The van der Waals surface area contributed by atoms with Crippen molar-refractivity contribution >= 4 is 85.6 Å². The van der Waals surface area contributed by atoms with Gasteiger partial charge in [-0.2, -0.15) is 35.2 Å². The Kier molecular flexibility index (Phi) is 10.2. The SMILES string of the molecule is O=c1nc(Nc2cc(S(=O)(=O)O)cc3cc(S(=O)(=O)O)c(N=Nc4ccccc4S(=O)(=O)O)c(O)c23)nc(Nc2cccc(S(=O)(=O)CCO)c2)[nH]1. The van der Waals surface area contributed by atoms with Gasteiger partial charge in [0.25, 0.3) is 30.4 Å². The van der Waals surface area contributed by atoms with Crippen LogP contribution in [-0.4, -0.2) is 84.9 Å². The van der Waals surface area contributed by atoms with E-state index in [9.17, 15) is 57.2 Å². The summed E-state index contributed by atoms with van der Waals surface area (Å²) in [6, 6.07) is 11.8. The summed E-state index contributed by atoms with van der Waals surface area (Å²) in [6.07, 6.45) is 0. The average Bonchev–Trinajstić information content (AvgIpc) is 3.02. The molecule has 0 aliphatic rings. The molecule has 0 unspecified atom stereocenters. The molecule has 274 valence electrons. The summed E-state index contributed by atoms with van der Waals surface area (Å²) in [4.78, 5) is 19.4. The Balaban J connectivity index is 1.68. The van der Waals surface area contributed by atoms with E-state index in [2.05, 4.69) is 35.8 Å². The van der Waals surface area contributed by atoms with Crippen LogP contribution in [0.2, 0.25) is 0 Å². The van der Waals surface area contributed by atoms with Crippen molar-refractivity contribution in [3.63, 3.8) is 0 Å². The van der Waals surface area contributed by atoms with E-state index in [1.54, 1.807) is 0 Å². The quantitative estimate of drug-likeness (QED) is 0.0663. The molecule has 0 radical (unpaired) electrons. The highest BCUT2D eigenvalue weighted by Gasteiger charge is 2.26. The first-order valence-electron chi connectivity index (χ1n) is 13.9. The Morgan fingerprint density at radius 1 is 0.731 bits per heavy atom. The Bertz CT molecular complexity index is 2790. The number of fused-ring (bicyclic) bond motifs is 1. The molecule has 1 aromatic heterocycles. The summed E-state index contributed by atoms with van der Waals surface area (Å²) in [5.41, 5.74) is -3.01. The fourth-order valence-electron chi connectivity index (χ4n) is 4.62. The topological polar surface area (TPSA) is 345 Å². The maximum Gasteiger partial charge on any atom is 0.351 e. The van der Waals surface area contributed by atoms with E-state index in [4.69, 9.17) is 5.11 Å². The molecule has 1 heterocycles. The number of benzene rings is 4. The number of hydrogen-bond donors (Lipinski definition) is 8. The maximum atomic E-state index is 12.5. The van der Waals surface area contributed by atoms with Crippen molar-refractivity contribution in [3.05, 3.63) is 77.2 Å². The number of anilines is 4. The highest BCUT2D eigenvalue weighted by molar-refractivity contribution is 7.91. The molecule has 0 bridgehead atoms. The molecule has 0 spiro atoms. The van der Waals surface area contributed by atoms with Gasteiger partial charge in [-0.25, -0.2) is 13.2 Å². The molecule has 5 aromatic rings. The third-order valence-electron chi connectivity index (χ3n) is 6.81. The van der Waals surface area contributed by atoms with Gasteiger partial charge in [0.05, 0.1) is 27.8 Å². The predicted molar refractivity (Wildman–Crippen MR) is 180 cm³/mol. The predicted octanol–water partition coefficient (Wildman–Crippen LogP) is 2.43. The minimum atomic E-state index is -5.31. The van der Waals surface area contributed by atoms with E-state index in [1.807, 2.05) is 0 Å². The Labute approximate surface area is 292 Å². The largest absolute Gasteiger partial charge is 0.505 e. The number of sulfone groups is 1. The number of azo groups is 1. The van der Waals surface area contributed by atoms with Gasteiger partial charge in [0.2, 0.25) is 11.9 Å². The van der Waals surface area contributed by atoms with Crippen molar-refractivity contribution in [1.82, 2.24) is 15.0 Å². The lowest BCUT2D eigenvalue weighted by molar-refractivity contribution is 0.319. The summed E-state index contributed by atoms with van der Waals surface area (Å²) in [5, 5.41) is 31.8. The number of aromatic nitrogens is 3. The van der Waals surface area contributed by atoms with E-state index in [1.165, 1.54) is 36.4 Å². The lowest BCUT2D eigenvalue weighted by Crippen LogP contribution is -2.17. The Morgan fingerprint density at radius 3 is 2.08 bits per heavy atom. The lowest BCUT2D eigenvalue weighted by Gasteiger charge is -2.15. The first kappa shape index (κ1) is 37.8. The molecular weight excluding hydrogens is 775 g/mol. The number of aromatic hydroxyl groups is 1. The monoisotopic (exact) mass is 797 g/mol. The van der Waals surface area contributed by atoms with Gasteiger partial charge in [-0.1, -0.05) is 18.2 Å². The van der Waals surface area contributed by atoms with Crippen LogP contribution in [0, 0.1) is 0 Å². The number of nitrogens with one attached hydrogen (secondary N) is 3. The number of nitrogens with zero attached hydrogens (tertiary/aromatic N) is 4. The first-order chi connectivity index (χ1) is 24.2. The zero-order chi connectivity index (χ0) is 38.2. The number of hydrogen-bond acceptors (Lipinski definition) is 17. The van der Waals surface area contributed by atoms with Crippen LogP contribution in [-0.2, 0) is 40.2 Å². The molecular formula is C27H23N7O14S4. The van der Waals surface area contributed by atoms with Crippen LogP contribution < -0.4 is 16.3 Å². The van der Waals surface area contributed by atoms with Crippen LogP contribution >= 0.6 is 0 Å². The normalized spacial score (nSPS) is 12.7. The fraction of sp³-hybridized carbons (Fsp3) is 0.0741. The van der Waals surface area contributed by atoms with Gasteiger partial charge in [-0.15, -0.1) is 10.2 Å². The van der Waals surface area contributed by atoms with Crippen LogP contribution in [0.3, 0.4) is 0 Å². The Hall–Kier alpha value is -5.41. The van der Waals surface area contributed by atoms with E-state index in [0.29, 0.717) is 12.1 Å². The third kappa shape index (κ3) is 8.37. The number of aromatic amines is 1. The van der Waals surface area contributed by atoms with Crippen molar-refractivity contribution in [2.45, 2.75) is 19.6 Å². The molecule has 25 heteroatoms. The standard InChI is InChI=1S/C27H23N7O14S4/c35-8-9-49(38,39)16-5-3-4-15(12-16)28-25-30-26(32-27(37)31-25)29-19-13-17(50(40,41)42)10-14-11-21(52(46,47)48)23(24(36)22(14)19)34-33-18-6-1-2-7-20(18)51(43,44)45/h1-7,10-13,35-36H,8-9H2,(H,40,41,42)(H,43,44,45)(H,46,47,48)(H3,28,29,30,31,32,37). The minimum Gasteiger partial charge on any atom is -0.505 e. The van der Waals surface area contributed by atoms with Crippen molar-refractivity contribution < 1.29 is 57.5 Å². The Morgan fingerprint density at radius 2 is 1.42 bits per heavy atom. The van der Waals surface area contributed by atoms with Crippen molar-refractivity contribution in [3.8, 4) is 5.75 Å². The first-order valence-corrected chi connectivity index (χ1v) is 19.9. The number of phenols is 1. The van der Waals surface area contributed by atoms with Crippen molar-refractivity contribution in [2.24, 2.45) is 10.2 Å². The summed E-state index contributed by atoms with van der Waals surface area (Å²) >= 11 is 0. The molecule has 5 rings (SSSR count). The second kappa shape index (κ2) is 14.0. The van der Waals surface area contributed by atoms with Crippen LogP contribution in [0.25, 0.3) is 10.8 Å². The number of H-pyrrole nitrogens is 1. The number of aliphatic hydroxyl groups excluding tert-OH is 1. The van der Waals surface area contributed by atoms with Gasteiger partial charge in [0.1, 0.15) is 21.2 Å². The van der Waals surface area contributed by atoms with Crippen LogP contribution in [0.4, 0.5) is 34.6 Å². The fourth-order valence-corrected chi connectivity index (χ4v) is 7.52. The second-order valence-electron chi connectivity index (χ2n) is 10.4. The van der Waals surface area contributed by atoms with Gasteiger partial charge in [-0.3, -0.25) is 18.6 Å². The van der Waals surface area contributed by atoms with Gasteiger partial charge < -0.3 is 20.8 Å². The zero-order valence-electron chi connectivity index (χ0n) is 25.6. The number of rotatable bonds is 12. The molecule has 4 aromatic carbocycles. The van der Waals surface area contributed by atoms with Crippen LogP contribution in [0.5, 0.6) is 5.75 Å². The van der Waals surface area contributed by atoms with Gasteiger partial charge in [-0.05, 0) is 53.9 Å². The van der Waals surface area contributed by atoms with Gasteiger partial charge in [0.15, 0.2) is 15.6 Å². The zero-order valence-corrected chi connectivity index (χ0v) is 28.9. The summed E-state index contributed by atoms with van der Waals surface area (Å²) in [7, 11) is -19.1. The van der Waals surface area contributed by atoms with Gasteiger partial charge >= 0.3 is 5.69 Å². The molecule has 8 N–H and O–H groups in total. The molecule has 0 saturated carbocycles. The third-order valence-corrected chi connectivity index (χ3v) is 11.1. The van der Waals surface area contributed by atoms with E-state index in [0.717, 1.165) is 18.2 Å². The molecule has 21 nitrogen and oxygen atoms in total. The molecule has 52 heavy (non-hydrogen) atoms. The molecule has 0 aliphatic heterocycles. The maximum absolute atomic E-state index is 12.5. The highest BCUT2D eigenvalue weighted by atomic mass is 32.2. The summed E-state index contributed by atoms with van der Waals surface area (Å²) in [6.45, 7) is -0.638. The molecule has 0 atom stereocenters. The smallest absolute Gasteiger partial charge is 0.351 e. The van der Waals surface area contributed by atoms with Gasteiger partial charge in [0, 0.05) is 11.1 Å². The molecule has 0 fully saturated rings. The van der Waals surface area contributed by atoms with Crippen molar-refractivity contribution in [1.29, 1.82) is 0 Å². The van der Waals surface area contributed by atoms with Crippen LogP contribution in [0.15, 0.2) is 101 Å². The molecule has 0 aliphatic carbocycles. The summed E-state index contributed by atoms with van der Waals surface area (Å²) < 4.78 is 127.